The molecular formula is C35H44Cl2N2O7. The van der Waals surface area contributed by atoms with Gasteiger partial charge >= 0.3 is 5.97 Å². The van der Waals surface area contributed by atoms with Crippen LogP contribution in [0.4, 0.5) is 0 Å². The zero-order chi connectivity index (χ0) is 33.1. The van der Waals surface area contributed by atoms with Crippen molar-refractivity contribution in [3.05, 3.63) is 81.5 Å². The van der Waals surface area contributed by atoms with E-state index in [4.69, 9.17) is 42.1 Å². The van der Waals surface area contributed by atoms with Gasteiger partial charge in [0.1, 0.15) is 11.5 Å². The second-order valence-corrected chi connectivity index (χ2v) is 12.6. The van der Waals surface area contributed by atoms with Crippen molar-refractivity contribution < 1.29 is 33.3 Å². The maximum Gasteiger partial charge on any atom is 0.320 e. The monoisotopic (exact) mass is 674 g/mol. The molecule has 0 aromatic heterocycles. The third-order valence-electron chi connectivity index (χ3n) is 8.50. The number of unbranched alkanes of at least 4 members (excludes halogenated alkanes) is 1. The number of fused-ring (bicyclic) bond motifs is 1. The number of benzene rings is 2. The SMILES string of the molecule is CCCCOCCCNC(=O)C[C@H]1C[C@@]2(C(=O)OC)C(=C[C@H](COCc3ccccc3)O[C@@H]2C)N(Cc2ccc(Cl)cc2Cl)C1=O. The van der Waals surface area contributed by atoms with E-state index in [-0.39, 0.29) is 37.8 Å². The number of hydrogen-bond acceptors (Lipinski definition) is 7. The molecule has 0 unspecified atom stereocenters. The Morgan fingerprint density at radius 3 is 2.57 bits per heavy atom. The van der Waals surface area contributed by atoms with Gasteiger partial charge in [-0.2, -0.15) is 0 Å². The van der Waals surface area contributed by atoms with Crippen LogP contribution in [-0.4, -0.2) is 68.4 Å². The van der Waals surface area contributed by atoms with Crippen LogP contribution in [0.25, 0.3) is 0 Å². The van der Waals surface area contributed by atoms with Gasteiger partial charge in [0, 0.05) is 47.8 Å². The number of amides is 2. The van der Waals surface area contributed by atoms with Gasteiger partial charge in [0.2, 0.25) is 11.8 Å². The summed E-state index contributed by atoms with van der Waals surface area (Å²) in [6.07, 6.45) is 3.23. The molecular weight excluding hydrogens is 631 g/mol. The summed E-state index contributed by atoms with van der Waals surface area (Å²) in [7, 11) is 1.32. The third kappa shape index (κ3) is 8.89. The van der Waals surface area contributed by atoms with Crippen molar-refractivity contribution in [2.75, 3.05) is 33.5 Å². The van der Waals surface area contributed by atoms with Crippen LogP contribution in [-0.2, 0) is 46.5 Å². The summed E-state index contributed by atoms with van der Waals surface area (Å²) >= 11 is 12.7. The van der Waals surface area contributed by atoms with Gasteiger partial charge in [-0.25, -0.2) is 0 Å². The Hall–Kier alpha value is -2.95. The van der Waals surface area contributed by atoms with E-state index < -0.39 is 29.5 Å². The molecule has 1 fully saturated rings. The molecule has 4 rings (SSSR count). The van der Waals surface area contributed by atoms with Gasteiger partial charge < -0.3 is 29.2 Å². The van der Waals surface area contributed by atoms with Crippen LogP contribution in [0.3, 0.4) is 0 Å². The minimum Gasteiger partial charge on any atom is -0.468 e. The number of piperidine rings is 1. The van der Waals surface area contributed by atoms with Gasteiger partial charge in [0.25, 0.3) is 0 Å². The number of halogens is 2. The summed E-state index contributed by atoms with van der Waals surface area (Å²) in [5.74, 6) is -1.91. The Morgan fingerprint density at radius 1 is 1.09 bits per heavy atom. The first kappa shape index (κ1) is 35.9. The Morgan fingerprint density at radius 2 is 1.85 bits per heavy atom. The van der Waals surface area contributed by atoms with Crippen molar-refractivity contribution in [3.63, 3.8) is 0 Å². The van der Waals surface area contributed by atoms with Crippen molar-refractivity contribution in [2.45, 2.75) is 71.3 Å². The Bertz CT molecular complexity index is 1370. The predicted octanol–water partition coefficient (Wildman–Crippen LogP) is 6.10. The van der Waals surface area contributed by atoms with E-state index in [9.17, 15) is 14.4 Å². The van der Waals surface area contributed by atoms with Crippen molar-refractivity contribution in [3.8, 4) is 0 Å². The first-order valence-electron chi connectivity index (χ1n) is 15.9. The van der Waals surface area contributed by atoms with E-state index in [1.165, 1.54) is 7.11 Å². The van der Waals surface area contributed by atoms with Gasteiger partial charge in [-0.15, -0.1) is 0 Å². The predicted molar refractivity (Wildman–Crippen MR) is 176 cm³/mol. The maximum atomic E-state index is 14.2. The molecule has 0 bridgehead atoms. The first-order chi connectivity index (χ1) is 22.2. The van der Waals surface area contributed by atoms with E-state index in [1.807, 2.05) is 30.3 Å². The molecule has 2 amide bonds. The second kappa shape index (κ2) is 17.3. The van der Waals surface area contributed by atoms with Gasteiger partial charge in [0.05, 0.1) is 33.0 Å². The summed E-state index contributed by atoms with van der Waals surface area (Å²) in [5.41, 5.74) is 0.779. The minimum absolute atomic E-state index is 0.0570. The van der Waals surface area contributed by atoms with E-state index >= 15 is 0 Å². The van der Waals surface area contributed by atoms with Crippen LogP contribution in [0.15, 0.2) is 60.3 Å². The molecule has 250 valence electrons. The smallest absolute Gasteiger partial charge is 0.320 e. The van der Waals surface area contributed by atoms with Gasteiger partial charge in [-0.3, -0.25) is 14.4 Å². The molecule has 2 aromatic rings. The number of hydrogen-bond donors (Lipinski definition) is 1. The standard InChI is InChI=1S/C35H44Cl2N2O7/c1-4-5-15-44-16-9-14-38-32(40)17-27-20-35(34(42)43-3)24(2)46-29(23-45-22-25-10-7-6-8-11-25)19-31(35)39(33(27)41)21-26-12-13-28(36)18-30(26)37/h6-8,10-13,18-19,24,27,29H,4-5,9,14-17,20-23H2,1-3H3,(H,38,40)/t24-,27+,29-,35+/m1/s1. The number of ether oxygens (including phenoxy) is 4. The van der Waals surface area contributed by atoms with E-state index in [2.05, 4.69) is 12.2 Å². The highest BCUT2D eigenvalue weighted by Gasteiger charge is 2.59. The average Bonchev–Trinajstić information content (AvgIpc) is 3.04. The van der Waals surface area contributed by atoms with Crippen LogP contribution >= 0.6 is 23.2 Å². The normalized spacial score (nSPS) is 22.6. The molecule has 2 heterocycles. The lowest BCUT2D eigenvalue weighted by Crippen LogP contribution is -2.60. The summed E-state index contributed by atoms with van der Waals surface area (Å²) in [6.45, 7) is 6.22. The highest BCUT2D eigenvalue weighted by atomic mass is 35.5. The maximum absolute atomic E-state index is 14.2. The van der Waals surface area contributed by atoms with Crippen LogP contribution in [0.1, 0.15) is 57.1 Å². The lowest BCUT2D eigenvalue weighted by Gasteiger charge is -2.51. The number of nitrogens with one attached hydrogen (secondary N) is 1. The number of methoxy groups -OCH3 is 1. The average molecular weight is 676 g/mol. The second-order valence-electron chi connectivity index (χ2n) is 11.8. The first-order valence-corrected chi connectivity index (χ1v) is 16.6. The minimum atomic E-state index is -1.34. The molecule has 2 aliphatic rings. The molecule has 0 aliphatic carbocycles. The van der Waals surface area contributed by atoms with Crippen molar-refractivity contribution in [1.82, 2.24) is 10.2 Å². The Kier molecular flexibility index (Phi) is 13.5. The molecule has 11 heteroatoms. The number of carbonyl (C=O) groups excluding carboxylic acids is 3. The Labute approximate surface area is 281 Å². The molecule has 2 aliphatic heterocycles. The topological polar surface area (TPSA) is 103 Å². The molecule has 4 atom stereocenters. The van der Waals surface area contributed by atoms with Crippen LogP contribution in [0.2, 0.25) is 10.0 Å². The molecule has 1 saturated heterocycles. The van der Waals surface area contributed by atoms with Crippen molar-refractivity contribution in [2.24, 2.45) is 11.3 Å². The van der Waals surface area contributed by atoms with Crippen molar-refractivity contribution in [1.29, 1.82) is 0 Å². The van der Waals surface area contributed by atoms with Crippen LogP contribution < -0.4 is 5.32 Å². The lowest BCUT2D eigenvalue weighted by atomic mass is 9.66. The summed E-state index contributed by atoms with van der Waals surface area (Å²) in [4.78, 5) is 42.6. The third-order valence-corrected chi connectivity index (χ3v) is 9.08. The van der Waals surface area contributed by atoms with Gasteiger partial charge in [-0.1, -0.05) is 72.9 Å². The number of rotatable bonds is 16. The van der Waals surface area contributed by atoms with E-state index in [0.717, 1.165) is 18.4 Å². The number of likely N-dealkylation sites (tertiary alicyclic amines) is 1. The summed E-state index contributed by atoms with van der Waals surface area (Å²) < 4.78 is 23.3. The van der Waals surface area contributed by atoms with Gasteiger partial charge in [-0.05, 0) is 55.5 Å². The Balaban J connectivity index is 1.59. The van der Waals surface area contributed by atoms with Crippen LogP contribution in [0.5, 0.6) is 0 Å². The quantitative estimate of drug-likeness (QED) is 0.169. The molecule has 9 nitrogen and oxygen atoms in total. The van der Waals surface area contributed by atoms with Gasteiger partial charge in [0.15, 0.2) is 0 Å². The van der Waals surface area contributed by atoms with Crippen LogP contribution in [0, 0.1) is 11.3 Å². The number of esters is 1. The molecule has 46 heavy (non-hydrogen) atoms. The number of carbonyl (C=O) groups is 3. The van der Waals surface area contributed by atoms with E-state index in [1.54, 1.807) is 36.1 Å². The fourth-order valence-electron chi connectivity index (χ4n) is 6.05. The molecule has 0 spiro atoms. The largest absolute Gasteiger partial charge is 0.468 e. The fourth-order valence-corrected chi connectivity index (χ4v) is 6.52. The van der Waals surface area contributed by atoms with E-state index in [0.29, 0.717) is 54.1 Å². The zero-order valence-corrected chi connectivity index (χ0v) is 28.3. The zero-order valence-electron chi connectivity index (χ0n) is 26.8. The lowest BCUT2D eigenvalue weighted by molar-refractivity contribution is -0.178. The van der Waals surface area contributed by atoms with Crippen molar-refractivity contribution >= 4 is 41.0 Å². The summed E-state index contributed by atoms with van der Waals surface area (Å²) in [5, 5.41) is 3.74. The highest BCUT2D eigenvalue weighted by Crippen LogP contribution is 2.51. The molecule has 2 aromatic carbocycles. The fraction of sp³-hybridized carbons (Fsp3) is 0.514. The molecule has 1 N–H and O–H groups in total. The molecule has 0 radical (unpaired) electrons. The highest BCUT2D eigenvalue weighted by molar-refractivity contribution is 6.35. The summed E-state index contributed by atoms with van der Waals surface area (Å²) in [6, 6.07) is 14.8. The molecule has 0 saturated carbocycles. The number of nitrogens with zero attached hydrogens (tertiary/aromatic N) is 1.